The lowest BCUT2D eigenvalue weighted by molar-refractivity contribution is 0.305. The first-order chi connectivity index (χ1) is 9.90. The first-order valence-electron chi connectivity index (χ1n) is 7.67. The molecule has 0 unspecified atom stereocenters. The Morgan fingerprint density at radius 2 is 1.76 bits per heavy atom. The van der Waals surface area contributed by atoms with Gasteiger partial charge in [0.2, 0.25) is 0 Å². The van der Waals surface area contributed by atoms with Crippen molar-refractivity contribution in [1.82, 2.24) is 5.32 Å². The van der Waals surface area contributed by atoms with Crippen LogP contribution in [0.2, 0.25) is 0 Å². The molecule has 0 amide bonds. The number of hydrogen-bond acceptors (Lipinski definition) is 4. The molecule has 5 heteroatoms. The van der Waals surface area contributed by atoms with Crippen molar-refractivity contribution in [3.8, 4) is 0 Å². The van der Waals surface area contributed by atoms with Crippen molar-refractivity contribution in [3.63, 3.8) is 0 Å². The molecular weight excluding hydrogens is 284 g/mol. The maximum Gasteiger partial charge on any atom is 0.178 e. The summed E-state index contributed by atoms with van der Waals surface area (Å²) in [5.74, 6) is 0.219. The predicted molar refractivity (Wildman–Crippen MR) is 87.7 cm³/mol. The van der Waals surface area contributed by atoms with Gasteiger partial charge < -0.3 is 10.2 Å². The Morgan fingerprint density at radius 1 is 1.19 bits per heavy atom. The maximum absolute atomic E-state index is 12.0. The molecule has 0 atom stereocenters. The third-order valence-electron chi connectivity index (χ3n) is 4.50. The largest absolute Gasteiger partial charge is 0.371 e. The van der Waals surface area contributed by atoms with E-state index in [0.717, 1.165) is 31.6 Å². The highest BCUT2D eigenvalue weighted by molar-refractivity contribution is 7.91. The minimum Gasteiger partial charge on any atom is -0.371 e. The fourth-order valence-corrected chi connectivity index (χ4v) is 4.08. The zero-order chi connectivity index (χ0) is 15.5. The minimum absolute atomic E-state index is 0.219. The summed E-state index contributed by atoms with van der Waals surface area (Å²) in [5.41, 5.74) is 1.34. The highest BCUT2D eigenvalue weighted by Crippen LogP contribution is 2.26. The fraction of sp³-hybridized carbons (Fsp3) is 0.625. The molecule has 0 radical (unpaired) electrons. The summed E-state index contributed by atoms with van der Waals surface area (Å²) in [6.07, 6.45) is 2.84. The molecule has 1 N–H and O–H groups in total. The van der Waals surface area contributed by atoms with E-state index in [0.29, 0.717) is 11.3 Å². The van der Waals surface area contributed by atoms with Gasteiger partial charge in [0.05, 0.1) is 10.6 Å². The van der Waals surface area contributed by atoms with Gasteiger partial charge in [0.25, 0.3) is 0 Å². The minimum atomic E-state index is -3.11. The van der Waals surface area contributed by atoms with Gasteiger partial charge >= 0.3 is 0 Å². The third-order valence-corrected chi connectivity index (χ3v) is 6.44. The quantitative estimate of drug-likeness (QED) is 0.907. The van der Waals surface area contributed by atoms with Crippen LogP contribution < -0.4 is 10.2 Å². The van der Waals surface area contributed by atoms with Crippen molar-refractivity contribution in [3.05, 3.63) is 24.3 Å². The van der Waals surface area contributed by atoms with Gasteiger partial charge in [-0.05, 0) is 57.5 Å². The normalized spacial score (nSPS) is 18.7. The molecule has 1 heterocycles. The molecule has 1 saturated heterocycles. The van der Waals surface area contributed by atoms with Crippen LogP contribution in [0.5, 0.6) is 0 Å². The van der Waals surface area contributed by atoms with Crippen molar-refractivity contribution >= 4 is 15.5 Å². The lowest BCUT2D eigenvalue weighted by Crippen LogP contribution is -2.50. The molecule has 1 aromatic rings. The molecule has 1 aliphatic heterocycles. The average molecular weight is 310 g/mol. The van der Waals surface area contributed by atoms with E-state index < -0.39 is 9.84 Å². The standard InChI is InChI=1S/C16H26N2O2S/c1-4-13-21(19,20)15-7-5-14(6-8-15)18-11-9-16(2,17-3)10-12-18/h5-8,17H,4,9-13H2,1-3H3. The molecule has 0 saturated carbocycles. The maximum atomic E-state index is 12.0. The topological polar surface area (TPSA) is 49.4 Å². The van der Waals surface area contributed by atoms with E-state index in [1.807, 2.05) is 26.1 Å². The van der Waals surface area contributed by atoms with Crippen LogP contribution in [0.15, 0.2) is 29.2 Å². The molecule has 1 aliphatic rings. The van der Waals surface area contributed by atoms with Crippen molar-refractivity contribution in [2.45, 2.75) is 43.5 Å². The van der Waals surface area contributed by atoms with Crippen molar-refractivity contribution < 1.29 is 8.42 Å². The van der Waals surface area contributed by atoms with Crippen LogP contribution in [-0.4, -0.2) is 39.8 Å². The van der Waals surface area contributed by atoms with Gasteiger partial charge in [0.1, 0.15) is 0 Å². The molecular formula is C16H26N2O2S. The first-order valence-corrected chi connectivity index (χ1v) is 9.32. The Bertz CT molecular complexity index is 558. The molecule has 4 nitrogen and oxygen atoms in total. The molecule has 2 rings (SSSR count). The van der Waals surface area contributed by atoms with E-state index in [-0.39, 0.29) is 11.3 Å². The fourth-order valence-electron chi connectivity index (χ4n) is 2.76. The van der Waals surface area contributed by atoms with Gasteiger partial charge in [-0.2, -0.15) is 0 Å². The zero-order valence-corrected chi connectivity index (χ0v) is 14.0. The summed E-state index contributed by atoms with van der Waals surface area (Å²) < 4.78 is 24.0. The average Bonchev–Trinajstić information content (AvgIpc) is 2.48. The second-order valence-corrected chi connectivity index (χ2v) is 8.22. The van der Waals surface area contributed by atoms with Crippen LogP contribution >= 0.6 is 0 Å². The van der Waals surface area contributed by atoms with E-state index in [9.17, 15) is 8.42 Å². The van der Waals surface area contributed by atoms with Crippen molar-refractivity contribution in [1.29, 1.82) is 0 Å². The number of nitrogens with zero attached hydrogens (tertiary/aromatic N) is 1. The number of nitrogens with one attached hydrogen (secondary N) is 1. The molecule has 0 aromatic heterocycles. The number of benzene rings is 1. The van der Waals surface area contributed by atoms with Crippen LogP contribution in [0, 0.1) is 0 Å². The van der Waals surface area contributed by atoms with Gasteiger partial charge in [-0.3, -0.25) is 0 Å². The number of anilines is 1. The molecule has 21 heavy (non-hydrogen) atoms. The van der Waals surface area contributed by atoms with Crippen LogP contribution in [0.25, 0.3) is 0 Å². The van der Waals surface area contributed by atoms with Crippen LogP contribution in [-0.2, 0) is 9.84 Å². The van der Waals surface area contributed by atoms with Crippen LogP contribution in [0.3, 0.4) is 0 Å². The zero-order valence-electron chi connectivity index (χ0n) is 13.2. The molecule has 0 bridgehead atoms. The Labute approximate surface area is 128 Å². The van der Waals surface area contributed by atoms with Gasteiger partial charge in [-0.15, -0.1) is 0 Å². The van der Waals surface area contributed by atoms with Gasteiger partial charge in [-0.1, -0.05) is 6.92 Å². The Kier molecular flexibility index (Phi) is 4.94. The lowest BCUT2D eigenvalue weighted by Gasteiger charge is -2.40. The second kappa shape index (κ2) is 6.36. The van der Waals surface area contributed by atoms with Crippen molar-refractivity contribution in [2.24, 2.45) is 0 Å². The van der Waals surface area contributed by atoms with E-state index >= 15 is 0 Å². The summed E-state index contributed by atoms with van der Waals surface area (Å²) in [5, 5.41) is 3.39. The number of rotatable bonds is 5. The highest BCUT2D eigenvalue weighted by Gasteiger charge is 2.28. The summed E-state index contributed by atoms with van der Waals surface area (Å²) in [7, 11) is -1.09. The predicted octanol–water partition coefficient (Wildman–Crippen LogP) is 2.45. The monoisotopic (exact) mass is 310 g/mol. The number of hydrogen-bond donors (Lipinski definition) is 1. The van der Waals surface area contributed by atoms with Crippen LogP contribution in [0.1, 0.15) is 33.1 Å². The Hall–Kier alpha value is -1.07. The van der Waals surface area contributed by atoms with E-state index in [4.69, 9.17) is 0 Å². The van der Waals surface area contributed by atoms with Gasteiger partial charge in [0.15, 0.2) is 9.84 Å². The lowest BCUT2D eigenvalue weighted by atomic mass is 9.90. The smallest absolute Gasteiger partial charge is 0.178 e. The molecule has 118 valence electrons. The number of sulfone groups is 1. The summed E-state index contributed by atoms with van der Waals surface area (Å²) in [6, 6.07) is 7.35. The molecule has 1 aromatic carbocycles. The summed E-state index contributed by atoms with van der Waals surface area (Å²) in [4.78, 5) is 2.76. The SMILES string of the molecule is CCCS(=O)(=O)c1ccc(N2CCC(C)(NC)CC2)cc1. The molecule has 1 fully saturated rings. The third kappa shape index (κ3) is 3.77. The first kappa shape index (κ1) is 16.3. The van der Waals surface area contributed by atoms with E-state index in [1.165, 1.54) is 0 Å². The number of piperidine rings is 1. The van der Waals surface area contributed by atoms with E-state index in [1.54, 1.807) is 12.1 Å². The van der Waals surface area contributed by atoms with Crippen molar-refractivity contribution in [2.75, 3.05) is 30.8 Å². The summed E-state index contributed by atoms with van der Waals surface area (Å²) in [6.45, 7) is 6.14. The highest BCUT2D eigenvalue weighted by atomic mass is 32.2. The van der Waals surface area contributed by atoms with Gasteiger partial charge in [-0.25, -0.2) is 8.42 Å². The molecule has 0 aliphatic carbocycles. The van der Waals surface area contributed by atoms with Gasteiger partial charge in [0, 0.05) is 24.3 Å². The Balaban J connectivity index is 2.07. The van der Waals surface area contributed by atoms with Crippen LogP contribution in [0.4, 0.5) is 5.69 Å². The summed E-state index contributed by atoms with van der Waals surface area (Å²) >= 11 is 0. The Morgan fingerprint density at radius 3 is 2.24 bits per heavy atom. The molecule has 0 spiro atoms. The van der Waals surface area contributed by atoms with E-state index in [2.05, 4.69) is 17.1 Å². The second-order valence-electron chi connectivity index (χ2n) is 6.11.